The summed E-state index contributed by atoms with van der Waals surface area (Å²) < 4.78 is 6.69. The smallest absolute Gasteiger partial charge is 0.266 e. The number of para-hydroxylation sites is 1. The Morgan fingerprint density at radius 3 is 2.70 bits per heavy atom. The second-order valence-corrected chi connectivity index (χ2v) is 7.05. The molecular formula is C21H14BrClN2O2. The first-order chi connectivity index (χ1) is 13.0. The van der Waals surface area contributed by atoms with E-state index in [9.17, 15) is 10.1 Å². The predicted octanol–water partition coefficient (Wildman–Crippen LogP) is 6.22. The standard InChI is InChI=1S/C21H14BrClN2O2/c1-13-6-8-16(17(22)10-13)20-9-7-15(27-20)11-14(12-24)21(26)25-19-5-3-2-4-18(19)23/h2-11H,1H3,(H,25,26)/b14-11+. The van der Waals surface area contributed by atoms with Crippen molar-refractivity contribution < 1.29 is 9.21 Å². The number of hydrogen-bond acceptors (Lipinski definition) is 3. The molecule has 2 aromatic carbocycles. The summed E-state index contributed by atoms with van der Waals surface area (Å²) in [5, 5.41) is 12.4. The third-order valence-electron chi connectivity index (χ3n) is 3.79. The lowest BCUT2D eigenvalue weighted by Crippen LogP contribution is -2.13. The van der Waals surface area contributed by atoms with Gasteiger partial charge in [0.25, 0.3) is 5.91 Å². The molecular weight excluding hydrogens is 428 g/mol. The van der Waals surface area contributed by atoms with Crippen molar-refractivity contribution in [3.63, 3.8) is 0 Å². The molecule has 0 saturated carbocycles. The van der Waals surface area contributed by atoms with E-state index in [-0.39, 0.29) is 5.57 Å². The molecule has 0 aliphatic carbocycles. The summed E-state index contributed by atoms with van der Waals surface area (Å²) in [6, 6.07) is 18.1. The average Bonchev–Trinajstić information content (AvgIpc) is 3.09. The topological polar surface area (TPSA) is 66.0 Å². The van der Waals surface area contributed by atoms with Gasteiger partial charge in [0, 0.05) is 16.1 Å². The summed E-state index contributed by atoms with van der Waals surface area (Å²) in [5.41, 5.74) is 2.37. The zero-order chi connectivity index (χ0) is 19.4. The van der Waals surface area contributed by atoms with E-state index in [1.54, 1.807) is 36.4 Å². The number of nitriles is 1. The fourth-order valence-corrected chi connectivity index (χ4v) is 3.31. The number of rotatable bonds is 4. The van der Waals surface area contributed by atoms with Gasteiger partial charge in [-0.15, -0.1) is 0 Å². The van der Waals surface area contributed by atoms with Crippen LogP contribution >= 0.6 is 27.5 Å². The second kappa shape index (κ2) is 8.26. The largest absolute Gasteiger partial charge is 0.457 e. The molecule has 0 bridgehead atoms. The highest BCUT2D eigenvalue weighted by Gasteiger charge is 2.13. The van der Waals surface area contributed by atoms with Crippen LogP contribution in [0, 0.1) is 18.3 Å². The van der Waals surface area contributed by atoms with Crippen molar-refractivity contribution in [1.82, 2.24) is 0 Å². The van der Waals surface area contributed by atoms with E-state index in [2.05, 4.69) is 21.2 Å². The fourth-order valence-electron chi connectivity index (χ4n) is 2.44. The van der Waals surface area contributed by atoms with Gasteiger partial charge in [-0.3, -0.25) is 4.79 Å². The van der Waals surface area contributed by atoms with Crippen LogP contribution in [0.15, 0.2) is 69.1 Å². The number of benzene rings is 2. The summed E-state index contributed by atoms with van der Waals surface area (Å²) in [6.45, 7) is 2.00. The quantitative estimate of drug-likeness (QED) is 0.386. The summed E-state index contributed by atoms with van der Waals surface area (Å²) in [5.74, 6) is 0.486. The van der Waals surface area contributed by atoms with Crippen molar-refractivity contribution in [2.45, 2.75) is 6.92 Å². The summed E-state index contributed by atoms with van der Waals surface area (Å²) in [6.07, 6.45) is 1.40. The van der Waals surface area contributed by atoms with Gasteiger partial charge in [0.15, 0.2) is 0 Å². The average molecular weight is 442 g/mol. The van der Waals surface area contributed by atoms with E-state index in [1.807, 2.05) is 31.2 Å². The first kappa shape index (κ1) is 19.0. The Morgan fingerprint density at radius 2 is 2.00 bits per heavy atom. The summed E-state index contributed by atoms with van der Waals surface area (Å²) in [7, 11) is 0. The molecule has 1 N–H and O–H groups in total. The number of halogens is 2. The highest BCUT2D eigenvalue weighted by atomic mass is 79.9. The SMILES string of the molecule is Cc1ccc(-c2ccc(/C=C(\C#N)C(=O)Nc3ccccc3Cl)o2)c(Br)c1. The highest BCUT2D eigenvalue weighted by Crippen LogP contribution is 2.31. The van der Waals surface area contributed by atoms with Gasteiger partial charge in [0.2, 0.25) is 0 Å². The van der Waals surface area contributed by atoms with Gasteiger partial charge in [-0.1, -0.05) is 45.7 Å². The number of furan rings is 1. The van der Waals surface area contributed by atoms with E-state index in [0.717, 1.165) is 15.6 Å². The Bertz CT molecular complexity index is 1080. The van der Waals surface area contributed by atoms with E-state index in [1.165, 1.54) is 6.08 Å². The lowest BCUT2D eigenvalue weighted by atomic mass is 10.1. The summed E-state index contributed by atoms with van der Waals surface area (Å²) in [4.78, 5) is 12.4. The monoisotopic (exact) mass is 440 g/mol. The fraction of sp³-hybridized carbons (Fsp3) is 0.0476. The molecule has 1 aromatic heterocycles. The van der Waals surface area contributed by atoms with Gasteiger partial charge < -0.3 is 9.73 Å². The van der Waals surface area contributed by atoms with Crippen LogP contribution < -0.4 is 5.32 Å². The van der Waals surface area contributed by atoms with Crippen LogP contribution in [0.25, 0.3) is 17.4 Å². The summed E-state index contributed by atoms with van der Waals surface area (Å²) >= 11 is 9.55. The van der Waals surface area contributed by atoms with Crippen molar-refractivity contribution in [1.29, 1.82) is 5.26 Å². The van der Waals surface area contributed by atoms with Gasteiger partial charge in [0.05, 0.1) is 10.7 Å². The molecule has 0 spiro atoms. The van der Waals surface area contributed by atoms with Crippen LogP contribution in [0.1, 0.15) is 11.3 Å². The maximum absolute atomic E-state index is 12.4. The zero-order valence-electron chi connectivity index (χ0n) is 14.3. The molecule has 0 fully saturated rings. The molecule has 6 heteroatoms. The predicted molar refractivity (Wildman–Crippen MR) is 110 cm³/mol. The number of nitrogens with one attached hydrogen (secondary N) is 1. The normalized spacial score (nSPS) is 11.1. The zero-order valence-corrected chi connectivity index (χ0v) is 16.6. The minimum absolute atomic E-state index is 0.0845. The van der Waals surface area contributed by atoms with E-state index in [4.69, 9.17) is 16.0 Å². The van der Waals surface area contributed by atoms with Crippen LogP contribution in [-0.4, -0.2) is 5.91 Å². The molecule has 0 unspecified atom stereocenters. The molecule has 0 saturated heterocycles. The van der Waals surface area contributed by atoms with Crippen molar-refractivity contribution >= 4 is 45.2 Å². The number of carbonyl (C=O) groups excluding carboxylic acids is 1. The number of carbonyl (C=O) groups is 1. The van der Waals surface area contributed by atoms with Gasteiger partial charge >= 0.3 is 0 Å². The van der Waals surface area contributed by atoms with Crippen LogP contribution in [0.3, 0.4) is 0 Å². The van der Waals surface area contributed by atoms with Gasteiger partial charge in [-0.05, 0) is 48.9 Å². The maximum atomic E-state index is 12.4. The lowest BCUT2D eigenvalue weighted by molar-refractivity contribution is -0.112. The molecule has 0 radical (unpaired) electrons. The van der Waals surface area contributed by atoms with E-state index in [0.29, 0.717) is 22.2 Å². The molecule has 0 atom stereocenters. The Kier molecular flexibility index (Phi) is 5.80. The van der Waals surface area contributed by atoms with Crippen LogP contribution in [0.4, 0.5) is 5.69 Å². The van der Waals surface area contributed by atoms with Crippen molar-refractivity contribution in [3.05, 3.63) is 81.0 Å². The molecule has 3 rings (SSSR count). The molecule has 1 heterocycles. The number of anilines is 1. The Morgan fingerprint density at radius 1 is 1.22 bits per heavy atom. The first-order valence-electron chi connectivity index (χ1n) is 8.02. The lowest BCUT2D eigenvalue weighted by Gasteiger charge is -2.05. The minimum Gasteiger partial charge on any atom is -0.457 e. The van der Waals surface area contributed by atoms with Crippen LogP contribution in [-0.2, 0) is 4.79 Å². The number of aryl methyl sites for hydroxylation is 1. The molecule has 0 aliphatic rings. The third kappa shape index (κ3) is 4.48. The molecule has 134 valence electrons. The molecule has 27 heavy (non-hydrogen) atoms. The Balaban J connectivity index is 1.84. The molecule has 4 nitrogen and oxygen atoms in total. The third-order valence-corrected chi connectivity index (χ3v) is 4.78. The van der Waals surface area contributed by atoms with Crippen LogP contribution in [0.5, 0.6) is 0 Å². The number of nitrogens with zero attached hydrogens (tertiary/aromatic N) is 1. The van der Waals surface area contributed by atoms with E-state index < -0.39 is 5.91 Å². The number of amides is 1. The molecule has 0 aliphatic heterocycles. The minimum atomic E-state index is -0.555. The van der Waals surface area contributed by atoms with Crippen molar-refractivity contribution in [3.8, 4) is 17.4 Å². The Labute approximate surface area is 170 Å². The number of hydrogen-bond donors (Lipinski definition) is 1. The molecule has 1 amide bonds. The Hall–Kier alpha value is -2.81. The van der Waals surface area contributed by atoms with Crippen molar-refractivity contribution in [2.24, 2.45) is 0 Å². The highest BCUT2D eigenvalue weighted by molar-refractivity contribution is 9.10. The second-order valence-electron chi connectivity index (χ2n) is 5.79. The van der Waals surface area contributed by atoms with Gasteiger partial charge in [-0.2, -0.15) is 5.26 Å². The maximum Gasteiger partial charge on any atom is 0.266 e. The first-order valence-corrected chi connectivity index (χ1v) is 9.19. The molecule has 3 aromatic rings. The van der Waals surface area contributed by atoms with Gasteiger partial charge in [-0.25, -0.2) is 0 Å². The van der Waals surface area contributed by atoms with Crippen LogP contribution in [0.2, 0.25) is 5.02 Å². The van der Waals surface area contributed by atoms with E-state index >= 15 is 0 Å². The van der Waals surface area contributed by atoms with Gasteiger partial charge in [0.1, 0.15) is 23.2 Å². The van der Waals surface area contributed by atoms with Crippen molar-refractivity contribution in [2.75, 3.05) is 5.32 Å².